The summed E-state index contributed by atoms with van der Waals surface area (Å²) < 4.78 is 1.97. The van der Waals surface area contributed by atoms with Gasteiger partial charge >= 0.3 is 0 Å². The van der Waals surface area contributed by atoms with Gasteiger partial charge in [0.05, 0.1) is 0 Å². The topological polar surface area (TPSA) is 76.0 Å². The number of aromatic nitrogens is 2. The smallest absolute Gasteiger partial charge is 0.255 e. The lowest BCUT2D eigenvalue weighted by atomic mass is 10.1. The maximum atomic E-state index is 12.4. The van der Waals surface area contributed by atoms with Crippen LogP contribution in [0.15, 0.2) is 60.9 Å². The Bertz CT molecular complexity index is 976. The predicted octanol–water partition coefficient (Wildman–Crippen LogP) is 4.34. The summed E-state index contributed by atoms with van der Waals surface area (Å²) in [6.07, 6.45) is 3.93. The quantitative estimate of drug-likeness (QED) is 0.672. The average Bonchev–Trinajstić information content (AvgIpc) is 3.08. The molecule has 3 aromatic rings. The van der Waals surface area contributed by atoms with E-state index in [1.54, 1.807) is 42.6 Å². The Balaban J connectivity index is 1.61. The van der Waals surface area contributed by atoms with Gasteiger partial charge in [-0.1, -0.05) is 23.8 Å². The molecule has 2 N–H and O–H groups in total. The van der Waals surface area contributed by atoms with Gasteiger partial charge in [0.2, 0.25) is 5.91 Å². The van der Waals surface area contributed by atoms with Gasteiger partial charge in [0.1, 0.15) is 5.82 Å². The molecule has 0 aliphatic carbocycles. The summed E-state index contributed by atoms with van der Waals surface area (Å²) >= 11 is 0. The van der Waals surface area contributed by atoms with Gasteiger partial charge in [0.25, 0.3) is 5.91 Å². The van der Waals surface area contributed by atoms with Crippen LogP contribution in [0, 0.1) is 13.8 Å². The Hall–Kier alpha value is -3.41. The molecule has 1 unspecified atom stereocenters. The van der Waals surface area contributed by atoms with Crippen molar-refractivity contribution in [2.24, 2.45) is 0 Å². The van der Waals surface area contributed by atoms with Gasteiger partial charge in [-0.05, 0) is 51.1 Å². The van der Waals surface area contributed by atoms with Crippen molar-refractivity contribution in [2.75, 3.05) is 10.6 Å². The fourth-order valence-corrected chi connectivity index (χ4v) is 3.02. The van der Waals surface area contributed by atoms with E-state index >= 15 is 0 Å². The van der Waals surface area contributed by atoms with Crippen LogP contribution in [0.1, 0.15) is 41.1 Å². The summed E-state index contributed by atoms with van der Waals surface area (Å²) in [6, 6.07) is 14.5. The Kier molecular flexibility index (Phi) is 5.89. The number of amides is 2. The number of benzene rings is 2. The second-order valence-electron chi connectivity index (χ2n) is 6.88. The first-order chi connectivity index (χ1) is 13.4. The highest BCUT2D eigenvalue weighted by Gasteiger charge is 2.13. The van der Waals surface area contributed by atoms with Crippen LogP contribution in [-0.4, -0.2) is 21.4 Å². The highest BCUT2D eigenvalue weighted by molar-refractivity contribution is 6.04. The average molecular weight is 376 g/mol. The van der Waals surface area contributed by atoms with E-state index in [-0.39, 0.29) is 17.9 Å². The fourth-order valence-electron chi connectivity index (χ4n) is 3.02. The molecular formula is C22H24N4O2. The van der Waals surface area contributed by atoms with E-state index in [1.807, 2.05) is 43.7 Å². The van der Waals surface area contributed by atoms with E-state index < -0.39 is 0 Å². The maximum Gasteiger partial charge on any atom is 0.255 e. The highest BCUT2D eigenvalue weighted by Crippen LogP contribution is 2.18. The molecule has 2 amide bonds. The lowest BCUT2D eigenvalue weighted by Gasteiger charge is -2.15. The molecular weight excluding hydrogens is 352 g/mol. The van der Waals surface area contributed by atoms with Crippen LogP contribution in [-0.2, 0) is 4.79 Å². The van der Waals surface area contributed by atoms with E-state index in [0.717, 1.165) is 11.4 Å². The molecule has 6 nitrogen and oxygen atoms in total. The highest BCUT2D eigenvalue weighted by atomic mass is 16.2. The molecule has 0 fully saturated rings. The third-order valence-corrected chi connectivity index (χ3v) is 4.54. The summed E-state index contributed by atoms with van der Waals surface area (Å²) in [7, 11) is 0. The molecule has 0 aliphatic heterocycles. The molecule has 1 heterocycles. The Labute approximate surface area is 164 Å². The molecule has 0 aliphatic rings. The van der Waals surface area contributed by atoms with Gasteiger partial charge in [-0.25, -0.2) is 4.98 Å². The summed E-state index contributed by atoms with van der Waals surface area (Å²) in [5, 5.41) is 5.75. The van der Waals surface area contributed by atoms with Crippen molar-refractivity contribution < 1.29 is 9.59 Å². The predicted molar refractivity (Wildman–Crippen MR) is 110 cm³/mol. The Morgan fingerprint density at radius 1 is 1.04 bits per heavy atom. The molecule has 0 saturated carbocycles. The molecule has 28 heavy (non-hydrogen) atoms. The monoisotopic (exact) mass is 376 g/mol. The normalized spacial score (nSPS) is 11.7. The van der Waals surface area contributed by atoms with Crippen LogP contribution < -0.4 is 10.6 Å². The van der Waals surface area contributed by atoms with Gasteiger partial charge in [-0.15, -0.1) is 0 Å². The molecule has 1 atom stereocenters. The number of nitrogens with zero attached hydrogens (tertiary/aromatic N) is 2. The van der Waals surface area contributed by atoms with Crippen molar-refractivity contribution in [3.63, 3.8) is 0 Å². The number of hydrogen-bond acceptors (Lipinski definition) is 3. The lowest BCUT2D eigenvalue weighted by molar-refractivity contribution is -0.116. The number of nitrogens with one attached hydrogen (secondary N) is 2. The van der Waals surface area contributed by atoms with E-state index in [0.29, 0.717) is 23.4 Å². The molecule has 2 aromatic carbocycles. The lowest BCUT2D eigenvalue weighted by Crippen LogP contribution is -2.18. The van der Waals surface area contributed by atoms with E-state index in [4.69, 9.17) is 0 Å². The molecule has 144 valence electrons. The molecule has 3 rings (SSSR count). The number of carbonyl (C=O) groups excluding carboxylic acids is 2. The fraction of sp³-hybridized carbons (Fsp3) is 0.227. The number of imidazole rings is 1. The van der Waals surface area contributed by atoms with Gasteiger partial charge in [0, 0.05) is 41.8 Å². The van der Waals surface area contributed by atoms with Gasteiger partial charge < -0.3 is 15.2 Å². The molecule has 0 bridgehead atoms. The zero-order valence-electron chi connectivity index (χ0n) is 16.3. The van der Waals surface area contributed by atoms with E-state index in [2.05, 4.69) is 15.6 Å². The van der Waals surface area contributed by atoms with Crippen LogP contribution in [0.2, 0.25) is 0 Å². The third-order valence-electron chi connectivity index (χ3n) is 4.54. The summed E-state index contributed by atoms with van der Waals surface area (Å²) in [6.45, 7) is 5.86. The van der Waals surface area contributed by atoms with Crippen LogP contribution in [0.5, 0.6) is 0 Å². The van der Waals surface area contributed by atoms with Crippen molar-refractivity contribution in [1.82, 2.24) is 9.55 Å². The minimum atomic E-state index is -0.187. The van der Waals surface area contributed by atoms with Crippen LogP contribution in [0.4, 0.5) is 11.4 Å². The van der Waals surface area contributed by atoms with Crippen molar-refractivity contribution in [1.29, 1.82) is 0 Å². The second-order valence-corrected chi connectivity index (χ2v) is 6.88. The molecule has 0 saturated heterocycles. The van der Waals surface area contributed by atoms with Crippen molar-refractivity contribution in [3.05, 3.63) is 77.9 Å². The molecule has 1 aromatic heterocycles. The van der Waals surface area contributed by atoms with E-state index in [1.165, 1.54) is 0 Å². The Morgan fingerprint density at radius 2 is 1.71 bits per heavy atom. The third kappa shape index (κ3) is 4.85. The number of carbonyl (C=O) groups is 2. The number of anilines is 2. The number of hydrogen-bond donors (Lipinski definition) is 2. The minimum Gasteiger partial charge on any atom is -0.332 e. The minimum absolute atomic E-state index is 0.00641. The van der Waals surface area contributed by atoms with Crippen LogP contribution in [0.3, 0.4) is 0 Å². The number of rotatable bonds is 6. The van der Waals surface area contributed by atoms with E-state index in [9.17, 15) is 9.59 Å². The largest absolute Gasteiger partial charge is 0.332 e. The summed E-state index contributed by atoms with van der Waals surface area (Å²) in [5.41, 5.74) is 2.95. The first kappa shape index (κ1) is 19.4. The summed E-state index contributed by atoms with van der Waals surface area (Å²) in [4.78, 5) is 28.9. The van der Waals surface area contributed by atoms with Crippen molar-refractivity contribution in [2.45, 2.75) is 33.2 Å². The van der Waals surface area contributed by atoms with Crippen molar-refractivity contribution >= 4 is 23.2 Å². The Morgan fingerprint density at radius 3 is 2.36 bits per heavy atom. The van der Waals surface area contributed by atoms with Gasteiger partial charge in [-0.3, -0.25) is 9.59 Å². The standard InChI is InChI=1S/C22H24N4O2/c1-15-7-9-18(10-8-15)22(28)25-20-6-4-5-19(14-20)24-21(27)13-16(2)26-12-11-23-17(26)3/h4-12,14,16H,13H2,1-3H3,(H,24,27)(H,25,28). The van der Waals surface area contributed by atoms with Crippen LogP contribution in [0.25, 0.3) is 0 Å². The van der Waals surface area contributed by atoms with Crippen LogP contribution >= 0.6 is 0 Å². The van der Waals surface area contributed by atoms with Crippen molar-refractivity contribution in [3.8, 4) is 0 Å². The van der Waals surface area contributed by atoms with Gasteiger partial charge in [0.15, 0.2) is 0 Å². The molecule has 6 heteroatoms. The SMILES string of the molecule is Cc1ccc(C(=O)Nc2cccc(NC(=O)CC(C)n3ccnc3C)c2)cc1. The number of aryl methyl sites for hydroxylation is 2. The van der Waals surface area contributed by atoms with Gasteiger partial charge in [-0.2, -0.15) is 0 Å². The zero-order valence-corrected chi connectivity index (χ0v) is 16.3. The first-order valence-corrected chi connectivity index (χ1v) is 9.20. The first-order valence-electron chi connectivity index (χ1n) is 9.20. The maximum absolute atomic E-state index is 12.4. The second kappa shape index (κ2) is 8.52. The molecule has 0 radical (unpaired) electrons. The summed E-state index contributed by atoms with van der Waals surface area (Å²) in [5.74, 6) is 0.594. The zero-order chi connectivity index (χ0) is 20.1. The molecule has 0 spiro atoms.